The number of methoxy groups -OCH3 is 1. The topological polar surface area (TPSA) is 55.6 Å². The van der Waals surface area contributed by atoms with Crippen LogP contribution in [0.4, 0.5) is 5.69 Å². The maximum atomic E-state index is 12.7. The summed E-state index contributed by atoms with van der Waals surface area (Å²) in [6.45, 7) is 5.05. The van der Waals surface area contributed by atoms with Gasteiger partial charge in [-0.15, -0.1) is 0 Å². The molecule has 0 spiro atoms. The Morgan fingerprint density at radius 2 is 1.86 bits per heavy atom. The number of nitrogens with zero attached hydrogens (tertiary/aromatic N) is 1. The molecule has 21 heavy (non-hydrogen) atoms. The number of nitrogens with two attached hydrogens (primary N) is 1. The summed E-state index contributed by atoms with van der Waals surface area (Å²) < 4.78 is 5.08. The first-order chi connectivity index (χ1) is 10.0. The van der Waals surface area contributed by atoms with Crippen molar-refractivity contribution in [3.8, 4) is 0 Å². The van der Waals surface area contributed by atoms with Gasteiger partial charge in [-0.3, -0.25) is 4.79 Å². The molecule has 1 amide bonds. The van der Waals surface area contributed by atoms with Crippen molar-refractivity contribution < 1.29 is 9.53 Å². The SMILES string of the molecule is COCCN(C(=O)c1cc2ccccc2cc1N)C(C)C. The number of ether oxygens (including phenoxy) is 1. The Hall–Kier alpha value is -2.07. The summed E-state index contributed by atoms with van der Waals surface area (Å²) in [5.41, 5.74) is 7.15. The molecule has 2 aromatic rings. The Balaban J connectivity index is 2.38. The normalized spacial score (nSPS) is 11.0. The average molecular weight is 286 g/mol. The maximum Gasteiger partial charge on any atom is 0.256 e. The van der Waals surface area contributed by atoms with E-state index in [1.54, 1.807) is 12.0 Å². The van der Waals surface area contributed by atoms with Crippen LogP contribution in [0.3, 0.4) is 0 Å². The number of hydrogen-bond donors (Lipinski definition) is 1. The Morgan fingerprint density at radius 3 is 2.43 bits per heavy atom. The molecule has 2 N–H and O–H groups in total. The first-order valence-corrected chi connectivity index (χ1v) is 7.12. The molecule has 0 unspecified atom stereocenters. The highest BCUT2D eigenvalue weighted by Crippen LogP contribution is 2.23. The number of carbonyl (C=O) groups is 1. The van der Waals surface area contributed by atoms with Crippen molar-refractivity contribution in [3.05, 3.63) is 42.0 Å². The predicted octanol–water partition coefficient (Wildman–Crippen LogP) is 2.92. The third kappa shape index (κ3) is 3.34. The molecule has 0 atom stereocenters. The van der Waals surface area contributed by atoms with E-state index >= 15 is 0 Å². The lowest BCUT2D eigenvalue weighted by molar-refractivity contribution is 0.0636. The number of anilines is 1. The smallest absolute Gasteiger partial charge is 0.256 e. The molecule has 0 saturated heterocycles. The summed E-state index contributed by atoms with van der Waals surface area (Å²) in [5.74, 6) is -0.0506. The van der Waals surface area contributed by atoms with Crippen LogP contribution >= 0.6 is 0 Å². The first-order valence-electron chi connectivity index (χ1n) is 7.12. The zero-order valence-corrected chi connectivity index (χ0v) is 12.8. The van der Waals surface area contributed by atoms with Crippen molar-refractivity contribution in [1.29, 1.82) is 0 Å². The van der Waals surface area contributed by atoms with Gasteiger partial charge in [0.05, 0.1) is 12.2 Å². The van der Waals surface area contributed by atoms with E-state index in [1.165, 1.54) is 0 Å². The average Bonchev–Trinajstić information content (AvgIpc) is 2.46. The second kappa shape index (κ2) is 6.59. The van der Waals surface area contributed by atoms with Crippen LogP contribution in [0.2, 0.25) is 0 Å². The van der Waals surface area contributed by atoms with Crippen molar-refractivity contribution in [1.82, 2.24) is 4.90 Å². The summed E-state index contributed by atoms with van der Waals surface area (Å²) >= 11 is 0. The van der Waals surface area contributed by atoms with Crippen molar-refractivity contribution in [2.24, 2.45) is 0 Å². The standard InChI is InChI=1S/C17H22N2O2/c1-12(2)19(8-9-21-3)17(20)15-10-13-6-4-5-7-14(13)11-16(15)18/h4-7,10-12H,8-9,18H2,1-3H3. The van der Waals surface area contributed by atoms with Gasteiger partial charge in [0.2, 0.25) is 0 Å². The molecule has 0 aliphatic heterocycles. The largest absolute Gasteiger partial charge is 0.398 e. The van der Waals surface area contributed by atoms with Gasteiger partial charge in [0, 0.05) is 25.4 Å². The number of nitrogen functional groups attached to an aromatic ring is 1. The van der Waals surface area contributed by atoms with E-state index < -0.39 is 0 Å². The van der Waals surface area contributed by atoms with E-state index in [0.717, 1.165) is 10.8 Å². The number of hydrogen-bond acceptors (Lipinski definition) is 3. The highest BCUT2D eigenvalue weighted by molar-refractivity contribution is 6.04. The zero-order chi connectivity index (χ0) is 15.4. The minimum Gasteiger partial charge on any atom is -0.398 e. The van der Waals surface area contributed by atoms with Crippen molar-refractivity contribution >= 4 is 22.4 Å². The summed E-state index contributed by atoms with van der Waals surface area (Å²) in [5, 5.41) is 2.06. The Labute approximate surface area is 125 Å². The summed E-state index contributed by atoms with van der Waals surface area (Å²) in [6.07, 6.45) is 0. The van der Waals surface area contributed by atoms with Crippen LogP contribution in [-0.4, -0.2) is 37.1 Å². The Morgan fingerprint density at radius 1 is 1.24 bits per heavy atom. The molecule has 0 aliphatic carbocycles. The molecule has 0 saturated carbocycles. The molecule has 2 aromatic carbocycles. The van der Waals surface area contributed by atoms with Gasteiger partial charge in [-0.25, -0.2) is 0 Å². The van der Waals surface area contributed by atoms with Crippen LogP contribution in [-0.2, 0) is 4.74 Å². The summed E-state index contributed by atoms with van der Waals surface area (Å²) in [7, 11) is 1.63. The fourth-order valence-electron chi connectivity index (χ4n) is 2.38. The van der Waals surface area contributed by atoms with Crippen molar-refractivity contribution in [3.63, 3.8) is 0 Å². The van der Waals surface area contributed by atoms with Crippen molar-refractivity contribution in [2.75, 3.05) is 26.0 Å². The van der Waals surface area contributed by atoms with Gasteiger partial charge in [-0.2, -0.15) is 0 Å². The van der Waals surface area contributed by atoms with Crippen LogP contribution in [0.15, 0.2) is 36.4 Å². The van der Waals surface area contributed by atoms with Crippen LogP contribution in [0, 0.1) is 0 Å². The zero-order valence-electron chi connectivity index (χ0n) is 12.8. The minimum absolute atomic E-state index is 0.0506. The van der Waals surface area contributed by atoms with Gasteiger partial charge in [0.25, 0.3) is 5.91 Å². The molecule has 4 heteroatoms. The van der Waals surface area contributed by atoms with Crippen LogP contribution in [0.25, 0.3) is 10.8 Å². The van der Waals surface area contributed by atoms with Crippen LogP contribution < -0.4 is 5.73 Å². The van der Waals surface area contributed by atoms with Crippen LogP contribution in [0.1, 0.15) is 24.2 Å². The van der Waals surface area contributed by atoms with E-state index in [9.17, 15) is 4.79 Å². The van der Waals surface area contributed by atoms with Gasteiger partial charge in [0.1, 0.15) is 0 Å². The van der Waals surface area contributed by atoms with E-state index in [2.05, 4.69) is 0 Å². The lowest BCUT2D eigenvalue weighted by Gasteiger charge is -2.27. The van der Waals surface area contributed by atoms with Gasteiger partial charge in [-0.05, 0) is 36.8 Å². The maximum absolute atomic E-state index is 12.7. The number of amides is 1. The summed E-state index contributed by atoms with van der Waals surface area (Å²) in [6, 6.07) is 11.7. The molecule has 0 radical (unpaired) electrons. The molecule has 2 rings (SSSR count). The lowest BCUT2D eigenvalue weighted by atomic mass is 10.0. The molecular weight excluding hydrogens is 264 g/mol. The fourth-order valence-corrected chi connectivity index (χ4v) is 2.38. The monoisotopic (exact) mass is 286 g/mol. The highest BCUT2D eigenvalue weighted by Gasteiger charge is 2.20. The van der Waals surface area contributed by atoms with Gasteiger partial charge in [0.15, 0.2) is 0 Å². The second-order valence-electron chi connectivity index (χ2n) is 5.37. The quantitative estimate of drug-likeness (QED) is 0.860. The Bertz CT molecular complexity index is 638. The molecule has 0 bridgehead atoms. The fraction of sp³-hybridized carbons (Fsp3) is 0.353. The summed E-state index contributed by atoms with van der Waals surface area (Å²) in [4.78, 5) is 14.5. The molecule has 4 nitrogen and oxygen atoms in total. The lowest BCUT2D eigenvalue weighted by Crippen LogP contribution is -2.39. The van der Waals surface area contributed by atoms with Gasteiger partial charge in [-0.1, -0.05) is 24.3 Å². The number of benzene rings is 2. The highest BCUT2D eigenvalue weighted by atomic mass is 16.5. The van der Waals surface area contributed by atoms with E-state index in [-0.39, 0.29) is 11.9 Å². The molecule has 0 heterocycles. The first kappa shape index (κ1) is 15.3. The molecule has 0 aromatic heterocycles. The minimum atomic E-state index is -0.0506. The Kier molecular flexibility index (Phi) is 4.81. The third-order valence-electron chi connectivity index (χ3n) is 3.57. The molecule has 112 valence electrons. The third-order valence-corrected chi connectivity index (χ3v) is 3.57. The predicted molar refractivity (Wildman–Crippen MR) is 86.4 cm³/mol. The van der Waals surface area contributed by atoms with Gasteiger partial charge < -0.3 is 15.4 Å². The van der Waals surface area contributed by atoms with E-state index in [1.807, 2.05) is 50.2 Å². The van der Waals surface area contributed by atoms with E-state index in [0.29, 0.717) is 24.4 Å². The molecule has 0 fully saturated rings. The van der Waals surface area contributed by atoms with Gasteiger partial charge >= 0.3 is 0 Å². The molecule has 0 aliphatic rings. The number of carbonyl (C=O) groups excluding carboxylic acids is 1. The van der Waals surface area contributed by atoms with E-state index in [4.69, 9.17) is 10.5 Å². The molecular formula is C17H22N2O2. The van der Waals surface area contributed by atoms with Crippen molar-refractivity contribution in [2.45, 2.75) is 19.9 Å². The number of fused-ring (bicyclic) bond motifs is 1. The van der Waals surface area contributed by atoms with Crippen LogP contribution in [0.5, 0.6) is 0 Å². The number of rotatable bonds is 5. The second-order valence-corrected chi connectivity index (χ2v) is 5.37.